The van der Waals surface area contributed by atoms with Crippen LogP contribution in [0.25, 0.3) is 11.6 Å². The van der Waals surface area contributed by atoms with Crippen LogP contribution in [0.5, 0.6) is 0 Å². The van der Waals surface area contributed by atoms with Crippen molar-refractivity contribution in [2.75, 3.05) is 26.4 Å². The fraction of sp³-hybridized carbons (Fsp3) is 0.643. The lowest BCUT2D eigenvalue weighted by atomic mass is 10.1. The fourth-order valence-corrected chi connectivity index (χ4v) is 2.43. The molecular weight excluding hydrogens is 272 g/mol. The van der Waals surface area contributed by atoms with Crippen LogP contribution in [0.4, 0.5) is 0 Å². The van der Waals surface area contributed by atoms with E-state index in [0.29, 0.717) is 32.3 Å². The fourth-order valence-electron chi connectivity index (χ4n) is 2.43. The summed E-state index contributed by atoms with van der Waals surface area (Å²) >= 11 is 0. The van der Waals surface area contributed by atoms with Gasteiger partial charge in [0, 0.05) is 19.1 Å². The maximum Gasteiger partial charge on any atom is 0.276 e. The molecule has 1 aliphatic heterocycles. The van der Waals surface area contributed by atoms with Gasteiger partial charge in [-0.1, -0.05) is 5.16 Å². The van der Waals surface area contributed by atoms with Crippen molar-refractivity contribution in [2.45, 2.75) is 32.7 Å². The van der Waals surface area contributed by atoms with Crippen LogP contribution in [0.15, 0.2) is 10.6 Å². The molecule has 2 aromatic rings. The molecule has 0 aromatic carbocycles. The van der Waals surface area contributed by atoms with Gasteiger partial charge in [0.1, 0.15) is 5.69 Å². The van der Waals surface area contributed by atoms with E-state index in [1.54, 1.807) is 0 Å². The normalized spacial score (nSPS) is 18.5. The molecule has 0 bridgehead atoms. The number of nitrogens with zero attached hydrogens (tertiary/aromatic N) is 4. The van der Waals surface area contributed by atoms with Crippen molar-refractivity contribution < 1.29 is 14.0 Å². The molecule has 7 heteroatoms. The van der Waals surface area contributed by atoms with Crippen LogP contribution in [0, 0.1) is 6.92 Å². The minimum atomic E-state index is 0.239. The van der Waals surface area contributed by atoms with Gasteiger partial charge in [0.15, 0.2) is 5.82 Å². The first-order valence-electron chi connectivity index (χ1n) is 7.32. The van der Waals surface area contributed by atoms with Crippen molar-refractivity contribution in [3.63, 3.8) is 0 Å². The number of hydrogen-bond acceptors (Lipinski definition) is 6. The molecule has 0 aliphatic carbocycles. The lowest BCUT2D eigenvalue weighted by molar-refractivity contribution is 0.136. The van der Waals surface area contributed by atoms with E-state index in [1.807, 2.05) is 24.6 Å². The van der Waals surface area contributed by atoms with Gasteiger partial charge in [-0.2, -0.15) is 10.1 Å². The van der Waals surface area contributed by atoms with Crippen LogP contribution in [0.2, 0.25) is 0 Å². The Morgan fingerprint density at radius 2 is 2.38 bits per heavy atom. The van der Waals surface area contributed by atoms with Crippen molar-refractivity contribution in [2.24, 2.45) is 0 Å². The summed E-state index contributed by atoms with van der Waals surface area (Å²) in [4.78, 5) is 4.51. The Kier molecular flexibility index (Phi) is 4.31. The smallest absolute Gasteiger partial charge is 0.276 e. The van der Waals surface area contributed by atoms with Gasteiger partial charge in [-0.3, -0.25) is 4.68 Å². The summed E-state index contributed by atoms with van der Waals surface area (Å²) in [6.07, 6.45) is 0.946. The van der Waals surface area contributed by atoms with Crippen LogP contribution in [-0.4, -0.2) is 46.3 Å². The molecule has 0 radical (unpaired) electrons. The van der Waals surface area contributed by atoms with E-state index in [9.17, 15) is 0 Å². The number of aryl methyl sites for hydroxylation is 1. The van der Waals surface area contributed by atoms with Crippen LogP contribution >= 0.6 is 0 Å². The van der Waals surface area contributed by atoms with Crippen molar-refractivity contribution in [1.29, 1.82) is 0 Å². The molecule has 2 aromatic heterocycles. The zero-order valence-electron chi connectivity index (χ0n) is 12.4. The van der Waals surface area contributed by atoms with Crippen LogP contribution in [-0.2, 0) is 16.0 Å². The average molecular weight is 292 g/mol. The second-order valence-corrected chi connectivity index (χ2v) is 5.11. The molecular formula is C14H20N4O3. The van der Waals surface area contributed by atoms with Crippen LogP contribution in [0.1, 0.15) is 30.8 Å². The highest BCUT2D eigenvalue weighted by atomic mass is 16.5. The van der Waals surface area contributed by atoms with Crippen LogP contribution < -0.4 is 0 Å². The monoisotopic (exact) mass is 292 g/mol. The standard InChI is InChI=1S/C14H20N4O3/c1-3-19-7-5-18-12(8-10(2)16-18)14-15-13(17-21-14)11-4-6-20-9-11/h8,11H,3-7,9H2,1-2H3/t11-/m1/s1. The Morgan fingerprint density at radius 1 is 1.48 bits per heavy atom. The highest BCUT2D eigenvalue weighted by molar-refractivity contribution is 5.47. The Hall–Kier alpha value is -1.73. The summed E-state index contributed by atoms with van der Waals surface area (Å²) in [5.41, 5.74) is 1.76. The minimum absolute atomic E-state index is 0.239. The van der Waals surface area contributed by atoms with E-state index in [4.69, 9.17) is 14.0 Å². The van der Waals surface area contributed by atoms with Crippen LogP contribution in [0.3, 0.4) is 0 Å². The van der Waals surface area contributed by atoms with Crippen molar-refractivity contribution >= 4 is 0 Å². The number of hydrogen-bond donors (Lipinski definition) is 0. The summed E-state index contributed by atoms with van der Waals surface area (Å²) in [6.45, 7) is 7.33. The summed E-state index contributed by atoms with van der Waals surface area (Å²) in [7, 11) is 0. The third kappa shape index (κ3) is 3.14. The first-order chi connectivity index (χ1) is 10.3. The Bertz CT molecular complexity index is 587. The summed E-state index contributed by atoms with van der Waals surface area (Å²) in [5.74, 6) is 1.47. The molecule has 0 amide bonds. The highest BCUT2D eigenvalue weighted by Crippen LogP contribution is 2.26. The minimum Gasteiger partial charge on any atom is -0.381 e. The van der Waals surface area contributed by atoms with Gasteiger partial charge in [0.25, 0.3) is 5.89 Å². The Balaban J connectivity index is 1.79. The number of aromatic nitrogens is 4. The zero-order chi connectivity index (χ0) is 14.7. The van der Waals surface area contributed by atoms with E-state index >= 15 is 0 Å². The zero-order valence-corrected chi connectivity index (χ0v) is 12.4. The van der Waals surface area contributed by atoms with Gasteiger partial charge >= 0.3 is 0 Å². The second kappa shape index (κ2) is 6.36. The topological polar surface area (TPSA) is 75.2 Å². The molecule has 7 nitrogen and oxygen atoms in total. The molecule has 3 rings (SSSR count). The molecule has 1 atom stereocenters. The van der Waals surface area contributed by atoms with Gasteiger partial charge in [0.2, 0.25) is 0 Å². The summed E-state index contributed by atoms with van der Waals surface area (Å²) in [5, 5.41) is 8.53. The molecule has 0 spiro atoms. The van der Waals surface area contributed by atoms with E-state index in [1.165, 1.54) is 0 Å². The number of ether oxygens (including phenoxy) is 2. The highest BCUT2D eigenvalue weighted by Gasteiger charge is 2.24. The molecule has 0 saturated carbocycles. The summed E-state index contributed by atoms with van der Waals surface area (Å²) < 4.78 is 18.0. The molecule has 21 heavy (non-hydrogen) atoms. The van der Waals surface area contributed by atoms with Gasteiger partial charge in [-0.05, 0) is 26.3 Å². The van der Waals surface area contributed by atoms with Gasteiger partial charge < -0.3 is 14.0 Å². The molecule has 0 unspecified atom stereocenters. The van der Waals surface area contributed by atoms with Gasteiger partial charge in [-0.25, -0.2) is 0 Å². The maximum atomic E-state index is 5.41. The lowest BCUT2D eigenvalue weighted by Crippen LogP contribution is -2.09. The molecule has 3 heterocycles. The Labute approximate surface area is 123 Å². The molecule has 1 aliphatic rings. The van der Waals surface area contributed by atoms with E-state index in [-0.39, 0.29) is 5.92 Å². The molecule has 1 saturated heterocycles. The van der Waals surface area contributed by atoms with E-state index < -0.39 is 0 Å². The van der Waals surface area contributed by atoms with Crippen molar-refractivity contribution in [3.05, 3.63) is 17.6 Å². The first-order valence-corrected chi connectivity index (χ1v) is 7.32. The third-order valence-electron chi connectivity index (χ3n) is 3.51. The van der Waals surface area contributed by atoms with Crippen molar-refractivity contribution in [3.8, 4) is 11.6 Å². The first kappa shape index (κ1) is 14.2. The Morgan fingerprint density at radius 3 is 3.14 bits per heavy atom. The van der Waals surface area contributed by atoms with Gasteiger partial charge in [-0.15, -0.1) is 0 Å². The predicted octanol–water partition coefficient (Wildman–Crippen LogP) is 1.78. The molecule has 114 valence electrons. The predicted molar refractivity (Wildman–Crippen MR) is 74.9 cm³/mol. The van der Waals surface area contributed by atoms with E-state index in [2.05, 4.69) is 15.2 Å². The third-order valence-corrected chi connectivity index (χ3v) is 3.51. The largest absolute Gasteiger partial charge is 0.381 e. The average Bonchev–Trinajstić information content (AvgIpc) is 3.18. The molecule has 1 fully saturated rings. The van der Waals surface area contributed by atoms with Crippen molar-refractivity contribution in [1.82, 2.24) is 19.9 Å². The number of rotatable bonds is 6. The molecule has 0 N–H and O–H groups in total. The lowest BCUT2D eigenvalue weighted by Gasteiger charge is -2.04. The van der Waals surface area contributed by atoms with E-state index in [0.717, 1.165) is 30.2 Å². The summed E-state index contributed by atoms with van der Waals surface area (Å²) in [6, 6.07) is 1.95. The second-order valence-electron chi connectivity index (χ2n) is 5.11. The maximum absolute atomic E-state index is 5.41. The SMILES string of the molecule is CCOCCn1nc(C)cc1-c1nc([C@@H]2CCOC2)no1. The quantitative estimate of drug-likeness (QED) is 0.755. The van der Waals surface area contributed by atoms with Gasteiger partial charge in [0.05, 0.1) is 25.5 Å².